The molecule has 2 aromatic heterocycles. The van der Waals surface area contributed by atoms with Crippen LogP contribution in [0.3, 0.4) is 0 Å². The van der Waals surface area contributed by atoms with Crippen molar-refractivity contribution < 1.29 is 8.42 Å². The summed E-state index contributed by atoms with van der Waals surface area (Å²) in [4.78, 5) is 4.97. The van der Waals surface area contributed by atoms with Crippen molar-refractivity contribution in [3.63, 3.8) is 0 Å². The number of rotatable bonds is 6. The van der Waals surface area contributed by atoms with E-state index < -0.39 is 9.84 Å². The van der Waals surface area contributed by atoms with Crippen LogP contribution in [0.25, 0.3) is 0 Å². The van der Waals surface area contributed by atoms with Crippen molar-refractivity contribution in [3.8, 4) is 0 Å². The first-order chi connectivity index (χ1) is 10.1. The van der Waals surface area contributed by atoms with Crippen LogP contribution < -0.4 is 0 Å². The lowest BCUT2D eigenvalue weighted by molar-refractivity contribution is 0.279. The smallest absolute Gasteiger partial charge is 0.166 e. The minimum Gasteiger partial charge on any atom is -0.249 e. The lowest BCUT2D eigenvalue weighted by Crippen LogP contribution is -2.22. The van der Waals surface area contributed by atoms with Crippen LogP contribution in [0, 0.1) is 0 Å². The fourth-order valence-corrected chi connectivity index (χ4v) is 4.89. The summed E-state index contributed by atoms with van der Waals surface area (Å²) in [5, 5.41) is 12.4. The first-order valence-corrected chi connectivity index (χ1v) is 9.62. The Kier molecular flexibility index (Phi) is 4.03. The third kappa shape index (κ3) is 3.29. The van der Waals surface area contributed by atoms with Gasteiger partial charge in [-0.15, -0.1) is 16.4 Å². The maximum atomic E-state index is 12.3. The molecule has 0 atom stereocenters. The maximum absolute atomic E-state index is 12.3. The molecular formula is C12H17N5O2S2. The van der Waals surface area contributed by atoms with Crippen molar-refractivity contribution in [2.45, 2.75) is 50.2 Å². The number of tetrazole rings is 1. The first kappa shape index (κ1) is 14.6. The predicted octanol–water partition coefficient (Wildman–Crippen LogP) is 1.53. The SMILES string of the molecule is CCc1ncc(CS(=O)(=O)Cc2nnnn2C2CCC2)s1. The quantitative estimate of drug-likeness (QED) is 0.799. The minimum atomic E-state index is -3.29. The molecule has 21 heavy (non-hydrogen) atoms. The van der Waals surface area contributed by atoms with Gasteiger partial charge in [0.2, 0.25) is 0 Å². The topological polar surface area (TPSA) is 90.6 Å². The van der Waals surface area contributed by atoms with Gasteiger partial charge in [-0.25, -0.2) is 18.1 Å². The Balaban J connectivity index is 1.72. The molecule has 1 aliphatic carbocycles. The number of hydrogen-bond donors (Lipinski definition) is 0. The van der Waals surface area contributed by atoms with Crippen molar-refractivity contribution in [3.05, 3.63) is 21.9 Å². The van der Waals surface area contributed by atoms with Crippen LogP contribution in [-0.4, -0.2) is 33.6 Å². The molecule has 0 bridgehead atoms. The second kappa shape index (κ2) is 5.80. The molecule has 1 fully saturated rings. The molecule has 0 N–H and O–H groups in total. The first-order valence-electron chi connectivity index (χ1n) is 6.98. The standard InChI is InChI=1S/C12H17N5O2S2/c1-2-12-13-6-10(20-12)7-21(18,19)8-11-14-15-16-17(11)9-4-3-5-9/h6,9H,2-5,7-8H2,1H3. The van der Waals surface area contributed by atoms with Crippen molar-refractivity contribution in [1.82, 2.24) is 25.2 Å². The van der Waals surface area contributed by atoms with Crippen LogP contribution in [0.1, 0.15) is 47.9 Å². The maximum Gasteiger partial charge on any atom is 0.166 e. The van der Waals surface area contributed by atoms with Crippen LogP contribution in [0.15, 0.2) is 6.20 Å². The molecule has 0 radical (unpaired) electrons. The molecule has 114 valence electrons. The summed E-state index contributed by atoms with van der Waals surface area (Å²) in [7, 11) is -3.29. The summed E-state index contributed by atoms with van der Waals surface area (Å²) in [6.45, 7) is 2.00. The van der Waals surface area contributed by atoms with Crippen LogP contribution in [0.4, 0.5) is 0 Å². The average molecular weight is 327 g/mol. The predicted molar refractivity (Wildman–Crippen MR) is 78.5 cm³/mol. The Morgan fingerprint density at radius 3 is 2.81 bits per heavy atom. The highest BCUT2D eigenvalue weighted by Crippen LogP contribution is 2.31. The van der Waals surface area contributed by atoms with Gasteiger partial charge >= 0.3 is 0 Å². The Morgan fingerprint density at radius 2 is 2.19 bits per heavy atom. The molecule has 7 nitrogen and oxygen atoms in total. The lowest BCUT2D eigenvalue weighted by Gasteiger charge is -2.25. The molecule has 0 spiro atoms. The highest BCUT2D eigenvalue weighted by Gasteiger charge is 2.26. The van der Waals surface area contributed by atoms with Gasteiger partial charge in [-0.1, -0.05) is 6.92 Å². The van der Waals surface area contributed by atoms with Gasteiger partial charge < -0.3 is 0 Å². The van der Waals surface area contributed by atoms with E-state index in [-0.39, 0.29) is 17.5 Å². The molecule has 2 heterocycles. The molecule has 0 aromatic carbocycles. The third-order valence-corrected chi connectivity index (χ3v) is 6.37. The largest absolute Gasteiger partial charge is 0.249 e. The zero-order valence-corrected chi connectivity index (χ0v) is 13.4. The fourth-order valence-electron chi connectivity index (χ4n) is 2.26. The van der Waals surface area contributed by atoms with Crippen molar-refractivity contribution in [2.75, 3.05) is 0 Å². The summed E-state index contributed by atoms with van der Waals surface area (Å²) in [5.74, 6) is 0.331. The molecule has 1 aliphatic rings. The average Bonchev–Trinajstić information content (AvgIpc) is 2.96. The van der Waals surface area contributed by atoms with E-state index in [0.717, 1.165) is 35.6 Å². The van der Waals surface area contributed by atoms with Crippen LogP contribution in [0.2, 0.25) is 0 Å². The van der Waals surface area contributed by atoms with Crippen LogP contribution in [0.5, 0.6) is 0 Å². The molecule has 9 heteroatoms. The van der Waals surface area contributed by atoms with E-state index in [1.807, 2.05) is 6.92 Å². The van der Waals surface area contributed by atoms with Gasteiger partial charge in [0, 0.05) is 11.1 Å². The summed E-state index contributed by atoms with van der Waals surface area (Å²) < 4.78 is 26.3. The molecular weight excluding hydrogens is 310 g/mol. The molecule has 0 aliphatic heterocycles. The number of aryl methyl sites for hydroxylation is 1. The zero-order chi connectivity index (χ0) is 14.9. The van der Waals surface area contributed by atoms with Gasteiger partial charge in [0.25, 0.3) is 0 Å². The number of sulfone groups is 1. The summed E-state index contributed by atoms with van der Waals surface area (Å²) in [5.41, 5.74) is 0. The molecule has 2 aromatic rings. The summed E-state index contributed by atoms with van der Waals surface area (Å²) in [6, 6.07) is 0.264. The lowest BCUT2D eigenvalue weighted by atomic mass is 9.93. The van der Waals surface area contributed by atoms with Gasteiger partial charge in [0.05, 0.1) is 16.8 Å². The van der Waals surface area contributed by atoms with Gasteiger partial charge in [0.15, 0.2) is 15.7 Å². The highest BCUT2D eigenvalue weighted by molar-refractivity contribution is 7.89. The summed E-state index contributed by atoms with van der Waals surface area (Å²) >= 11 is 1.45. The Hall–Kier alpha value is -1.35. The normalized spacial score (nSPS) is 16.0. The Labute approximate surface area is 127 Å². The van der Waals surface area contributed by atoms with Crippen molar-refractivity contribution in [2.24, 2.45) is 0 Å². The van der Waals surface area contributed by atoms with E-state index in [1.165, 1.54) is 11.3 Å². The molecule has 0 unspecified atom stereocenters. The minimum absolute atomic E-state index is 0.00218. The second-order valence-corrected chi connectivity index (χ2v) is 8.49. The molecule has 0 amide bonds. The van der Waals surface area contributed by atoms with E-state index in [4.69, 9.17) is 0 Å². The van der Waals surface area contributed by atoms with E-state index in [0.29, 0.717) is 5.82 Å². The van der Waals surface area contributed by atoms with E-state index in [9.17, 15) is 8.42 Å². The Bertz CT molecular complexity index is 718. The van der Waals surface area contributed by atoms with Crippen LogP contribution in [-0.2, 0) is 27.8 Å². The monoisotopic (exact) mass is 327 g/mol. The van der Waals surface area contributed by atoms with Gasteiger partial charge in [0.1, 0.15) is 5.75 Å². The van der Waals surface area contributed by atoms with Gasteiger partial charge in [-0.2, -0.15) is 0 Å². The zero-order valence-electron chi connectivity index (χ0n) is 11.8. The summed E-state index contributed by atoms with van der Waals surface area (Å²) in [6.07, 6.45) is 5.66. The van der Waals surface area contributed by atoms with Crippen LogP contribution >= 0.6 is 11.3 Å². The third-order valence-electron chi connectivity index (χ3n) is 3.60. The van der Waals surface area contributed by atoms with Gasteiger partial charge in [-0.05, 0) is 36.1 Å². The second-order valence-electron chi connectivity index (χ2n) is 5.23. The molecule has 1 saturated carbocycles. The van der Waals surface area contributed by atoms with E-state index >= 15 is 0 Å². The van der Waals surface area contributed by atoms with E-state index in [1.54, 1.807) is 10.9 Å². The van der Waals surface area contributed by atoms with Crippen molar-refractivity contribution in [1.29, 1.82) is 0 Å². The van der Waals surface area contributed by atoms with Crippen molar-refractivity contribution >= 4 is 21.2 Å². The number of hydrogen-bond acceptors (Lipinski definition) is 7. The molecule has 3 rings (SSSR count). The number of aromatic nitrogens is 5. The molecule has 0 saturated heterocycles. The number of nitrogens with zero attached hydrogens (tertiary/aromatic N) is 5. The Morgan fingerprint density at radius 1 is 1.38 bits per heavy atom. The van der Waals surface area contributed by atoms with Gasteiger partial charge in [-0.3, -0.25) is 0 Å². The highest BCUT2D eigenvalue weighted by atomic mass is 32.2. The fraction of sp³-hybridized carbons (Fsp3) is 0.667. The van der Waals surface area contributed by atoms with E-state index in [2.05, 4.69) is 20.5 Å². The number of thiazole rings is 1.